The van der Waals surface area contributed by atoms with Gasteiger partial charge in [-0.15, -0.1) is 0 Å². The molecule has 4 saturated heterocycles. The number of carbonyl (C=O) groups excluding carboxylic acids is 6. The lowest BCUT2D eigenvalue weighted by Gasteiger charge is -2.31. The molecule has 0 bridgehead atoms. The monoisotopic (exact) mass is 584 g/mol. The van der Waals surface area contributed by atoms with E-state index in [-0.39, 0.29) is 60.2 Å². The Morgan fingerprint density at radius 3 is 1.45 bits per heavy atom. The van der Waals surface area contributed by atoms with Crippen LogP contribution in [0.15, 0.2) is 24.3 Å². The van der Waals surface area contributed by atoms with Gasteiger partial charge in [0.05, 0.1) is 63.6 Å². The van der Waals surface area contributed by atoms with Gasteiger partial charge in [0.2, 0.25) is 11.8 Å². The molecule has 4 fully saturated rings. The number of esters is 2. The number of anilines is 2. The Kier molecular flexibility index (Phi) is 9.02. The van der Waals surface area contributed by atoms with Crippen LogP contribution in [0.25, 0.3) is 0 Å². The van der Waals surface area contributed by atoms with E-state index in [1.54, 1.807) is 38.1 Å². The van der Waals surface area contributed by atoms with E-state index in [2.05, 4.69) is 0 Å². The SMILES string of the molecule is CCOC(=O)[C@H]1CCC[NH+]([C@@H]2CC(=O)N(c3ccc(N4C(=O)C[C@H]([NH+]5CCC[C@H](C(=O)OCC)C5)C4=O)cc3)C2=O)C1. The molecule has 2 N–H and O–H groups in total. The number of amides is 4. The molecule has 12 heteroatoms. The molecule has 0 spiro atoms. The van der Waals surface area contributed by atoms with Crippen molar-refractivity contribution in [2.75, 3.05) is 49.2 Å². The van der Waals surface area contributed by atoms with Gasteiger partial charge in [-0.1, -0.05) is 0 Å². The minimum absolute atomic E-state index is 0.0572. The highest BCUT2D eigenvalue weighted by Gasteiger charge is 2.49. The molecule has 12 nitrogen and oxygen atoms in total. The van der Waals surface area contributed by atoms with Crippen molar-refractivity contribution >= 4 is 46.9 Å². The van der Waals surface area contributed by atoms with Crippen molar-refractivity contribution in [3.8, 4) is 0 Å². The molecule has 226 valence electrons. The normalized spacial score (nSPS) is 30.1. The molecule has 1 aromatic carbocycles. The van der Waals surface area contributed by atoms with Crippen molar-refractivity contribution in [3.05, 3.63) is 24.3 Å². The van der Waals surface area contributed by atoms with E-state index in [1.165, 1.54) is 9.80 Å². The second kappa shape index (κ2) is 12.7. The number of hydrogen-bond acceptors (Lipinski definition) is 8. The van der Waals surface area contributed by atoms with Gasteiger partial charge < -0.3 is 19.3 Å². The van der Waals surface area contributed by atoms with Crippen molar-refractivity contribution in [2.45, 2.75) is 64.5 Å². The Labute approximate surface area is 244 Å². The maximum absolute atomic E-state index is 13.4. The second-order valence-electron chi connectivity index (χ2n) is 11.6. The third kappa shape index (κ3) is 5.82. The Balaban J connectivity index is 1.25. The molecule has 5 rings (SSSR count). The standard InChI is InChI=1S/C30H38N4O8/c1-3-41-29(39)19-7-5-13-31(17-19)23-15-25(35)33(27(23)37)21-9-11-22(12-10-21)34-26(36)16-24(28(34)38)32-14-6-8-20(18-32)30(40)42-4-2/h9-12,19-20,23-24H,3-8,13-18H2,1-2H3/p+2/t19-,20-,23-,24+/m0/s1. The first kappa shape index (κ1) is 29.8. The average Bonchev–Trinajstić information content (AvgIpc) is 3.46. The fraction of sp³-hybridized carbons (Fsp3) is 0.600. The summed E-state index contributed by atoms with van der Waals surface area (Å²) in [5.41, 5.74) is 0.758. The lowest BCUT2D eigenvalue weighted by molar-refractivity contribution is -0.922. The number of hydrogen-bond donors (Lipinski definition) is 2. The summed E-state index contributed by atoms with van der Waals surface area (Å²) in [5.74, 6) is -2.35. The molecule has 6 atom stereocenters. The second-order valence-corrected chi connectivity index (χ2v) is 11.6. The van der Waals surface area contributed by atoms with Crippen molar-refractivity contribution in [2.24, 2.45) is 11.8 Å². The van der Waals surface area contributed by atoms with Gasteiger partial charge in [0, 0.05) is 0 Å². The van der Waals surface area contributed by atoms with Gasteiger partial charge in [0.25, 0.3) is 11.8 Å². The molecular weight excluding hydrogens is 544 g/mol. The number of benzene rings is 1. The third-order valence-electron chi connectivity index (χ3n) is 9.00. The van der Waals surface area contributed by atoms with Crippen molar-refractivity contribution in [1.82, 2.24) is 0 Å². The minimum Gasteiger partial charge on any atom is -0.466 e. The summed E-state index contributed by atoms with van der Waals surface area (Å²) < 4.78 is 10.4. The maximum atomic E-state index is 13.4. The van der Waals surface area contributed by atoms with Crippen LogP contribution in [-0.4, -0.2) is 87.0 Å². The van der Waals surface area contributed by atoms with Crippen molar-refractivity contribution < 1.29 is 48.0 Å². The van der Waals surface area contributed by atoms with Crippen LogP contribution in [0.5, 0.6) is 0 Å². The Hall–Kier alpha value is -3.64. The van der Waals surface area contributed by atoms with E-state index in [4.69, 9.17) is 9.47 Å². The van der Waals surface area contributed by atoms with E-state index in [9.17, 15) is 28.8 Å². The van der Waals surface area contributed by atoms with E-state index in [0.717, 1.165) is 22.6 Å². The number of carbonyl (C=O) groups is 6. The van der Waals surface area contributed by atoms with Gasteiger partial charge in [0.15, 0.2) is 12.1 Å². The topological polar surface area (TPSA) is 136 Å². The van der Waals surface area contributed by atoms with Crippen LogP contribution in [0.2, 0.25) is 0 Å². The Morgan fingerprint density at radius 2 is 1.10 bits per heavy atom. The average molecular weight is 585 g/mol. The predicted octanol–water partition coefficient (Wildman–Crippen LogP) is -1.33. The number of likely N-dealkylation sites (tertiary alicyclic amines) is 2. The lowest BCUT2D eigenvalue weighted by Crippen LogP contribution is -3.18. The zero-order valence-corrected chi connectivity index (χ0v) is 24.3. The summed E-state index contributed by atoms with van der Waals surface area (Å²) in [7, 11) is 0. The number of nitrogens with zero attached hydrogens (tertiary/aromatic N) is 2. The number of quaternary nitrogens is 2. The summed E-state index contributed by atoms with van der Waals surface area (Å²) in [6.07, 6.45) is 3.08. The fourth-order valence-corrected chi connectivity index (χ4v) is 6.94. The largest absolute Gasteiger partial charge is 0.466 e. The quantitative estimate of drug-likeness (QED) is 0.283. The molecule has 0 aromatic heterocycles. The molecule has 4 aliphatic rings. The smallest absolute Gasteiger partial charge is 0.314 e. The number of rotatable bonds is 8. The fourth-order valence-electron chi connectivity index (χ4n) is 6.94. The number of imide groups is 2. The van der Waals surface area contributed by atoms with Crippen LogP contribution >= 0.6 is 0 Å². The van der Waals surface area contributed by atoms with Gasteiger partial charge in [0.1, 0.15) is 11.8 Å². The Morgan fingerprint density at radius 1 is 0.714 bits per heavy atom. The highest BCUT2D eigenvalue weighted by Crippen LogP contribution is 2.28. The minimum atomic E-state index is -0.567. The molecular formula is C30H40N4O8+2. The first-order valence-electron chi connectivity index (χ1n) is 15.1. The van der Waals surface area contributed by atoms with Crippen molar-refractivity contribution in [1.29, 1.82) is 0 Å². The molecule has 4 heterocycles. The first-order chi connectivity index (χ1) is 20.2. The molecule has 42 heavy (non-hydrogen) atoms. The van der Waals surface area contributed by atoms with Gasteiger partial charge in [-0.05, 0) is 63.8 Å². The number of ether oxygens (including phenoxy) is 2. The van der Waals surface area contributed by atoms with E-state index in [0.29, 0.717) is 63.6 Å². The van der Waals surface area contributed by atoms with E-state index >= 15 is 0 Å². The van der Waals surface area contributed by atoms with Crippen LogP contribution < -0.4 is 19.6 Å². The highest BCUT2D eigenvalue weighted by atomic mass is 16.5. The van der Waals surface area contributed by atoms with E-state index < -0.39 is 12.1 Å². The Bertz CT molecular complexity index is 1160. The summed E-state index contributed by atoms with van der Waals surface area (Å²) in [5, 5.41) is 0. The zero-order valence-electron chi connectivity index (χ0n) is 24.3. The van der Waals surface area contributed by atoms with Gasteiger partial charge in [-0.3, -0.25) is 28.8 Å². The number of nitrogens with one attached hydrogen (secondary N) is 2. The van der Waals surface area contributed by atoms with Crippen LogP contribution in [0.4, 0.5) is 11.4 Å². The number of piperidine rings is 2. The van der Waals surface area contributed by atoms with Gasteiger partial charge in [-0.2, -0.15) is 0 Å². The van der Waals surface area contributed by atoms with Gasteiger partial charge in [-0.25, -0.2) is 9.80 Å². The molecule has 2 unspecified atom stereocenters. The summed E-state index contributed by atoms with van der Waals surface area (Å²) in [4.78, 5) is 81.5. The predicted molar refractivity (Wildman–Crippen MR) is 148 cm³/mol. The zero-order chi connectivity index (χ0) is 30.0. The third-order valence-corrected chi connectivity index (χ3v) is 9.00. The van der Waals surface area contributed by atoms with Gasteiger partial charge >= 0.3 is 11.9 Å². The lowest BCUT2D eigenvalue weighted by atomic mass is 9.96. The first-order valence-corrected chi connectivity index (χ1v) is 15.1. The molecule has 0 aliphatic carbocycles. The summed E-state index contributed by atoms with van der Waals surface area (Å²) in [6, 6.07) is 5.20. The maximum Gasteiger partial charge on any atom is 0.314 e. The van der Waals surface area contributed by atoms with Crippen LogP contribution in [0.1, 0.15) is 52.4 Å². The molecule has 1 aromatic rings. The van der Waals surface area contributed by atoms with Crippen LogP contribution in [0.3, 0.4) is 0 Å². The molecule has 0 radical (unpaired) electrons. The molecule has 0 saturated carbocycles. The highest BCUT2D eigenvalue weighted by molar-refractivity contribution is 6.23. The summed E-state index contributed by atoms with van der Waals surface area (Å²) >= 11 is 0. The summed E-state index contributed by atoms with van der Waals surface area (Å²) in [6.45, 7) is 6.45. The molecule has 4 amide bonds. The van der Waals surface area contributed by atoms with E-state index in [1.807, 2.05) is 0 Å². The molecule has 4 aliphatic heterocycles. The van der Waals surface area contributed by atoms with Crippen LogP contribution in [0, 0.1) is 11.8 Å². The van der Waals surface area contributed by atoms with Crippen molar-refractivity contribution in [3.63, 3.8) is 0 Å². The van der Waals surface area contributed by atoms with Crippen LogP contribution in [-0.2, 0) is 38.2 Å².